The number of hydrogen-bond donors (Lipinski definition) is 0. The van der Waals surface area contributed by atoms with Crippen LogP contribution < -0.4 is 9.47 Å². The summed E-state index contributed by atoms with van der Waals surface area (Å²) in [6.07, 6.45) is 3.68. The van der Waals surface area contributed by atoms with Crippen molar-refractivity contribution in [1.29, 1.82) is 0 Å². The summed E-state index contributed by atoms with van der Waals surface area (Å²) in [6, 6.07) is 11.3. The molecule has 24 heavy (non-hydrogen) atoms. The van der Waals surface area contributed by atoms with Crippen molar-refractivity contribution < 1.29 is 13.9 Å². The highest BCUT2D eigenvalue weighted by molar-refractivity contribution is 6.32. The van der Waals surface area contributed by atoms with E-state index in [4.69, 9.17) is 25.5 Å². The molecule has 1 aromatic heterocycles. The van der Waals surface area contributed by atoms with Crippen LogP contribution in [-0.2, 0) is 0 Å². The van der Waals surface area contributed by atoms with Gasteiger partial charge in [0, 0.05) is 6.08 Å². The molecule has 0 bridgehead atoms. The third-order valence-corrected chi connectivity index (χ3v) is 3.61. The average molecular weight is 344 g/mol. The van der Waals surface area contributed by atoms with Gasteiger partial charge in [0.15, 0.2) is 17.1 Å². The van der Waals surface area contributed by atoms with E-state index in [1.165, 1.54) is 0 Å². The molecule has 5 heteroatoms. The number of rotatable bonds is 5. The maximum atomic E-state index is 6.33. The first-order chi connectivity index (χ1) is 11.6. The first-order valence-corrected chi connectivity index (χ1v) is 8.02. The number of oxazole rings is 1. The van der Waals surface area contributed by atoms with Crippen LogP contribution in [0.5, 0.6) is 11.5 Å². The minimum absolute atomic E-state index is 0.0116. The van der Waals surface area contributed by atoms with Crippen LogP contribution >= 0.6 is 11.6 Å². The Bertz CT molecular complexity index is 850. The molecular formula is C19H18ClNO3. The van der Waals surface area contributed by atoms with Crippen molar-refractivity contribution in [1.82, 2.24) is 4.98 Å². The Morgan fingerprint density at radius 2 is 1.96 bits per heavy atom. The second-order valence-corrected chi connectivity index (χ2v) is 5.96. The third-order valence-electron chi connectivity index (χ3n) is 3.33. The zero-order valence-electron chi connectivity index (χ0n) is 13.7. The molecule has 0 saturated heterocycles. The first kappa shape index (κ1) is 16.4. The summed E-state index contributed by atoms with van der Waals surface area (Å²) < 4.78 is 16.8. The molecule has 124 valence electrons. The molecule has 0 radical (unpaired) electrons. The number of nitrogens with zero attached hydrogens (tertiary/aromatic N) is 1. The normalized spacial score (nSPS) is 11.5. The summed E-state index contributed by atoms with van der Waals surface area (Å²) in [5, 5.41) is 0.500. The van der Waals surface area contributed by atoms with Crippen molar-refractivity contribution in [2.24, 2.45) is 0 Å². The number of halogens is 1. The van der Waals surface area contributed by atoms with E-state index in [9.17, 15) is 0 Å². The number of fused-ring (bicyclic) bond motifs is 1. The van der Waals surface area contributed by atoms with Crippen LogP contribution in [0.3, 0.4) is 0 Å². The Kier molecular flexibility index (Phi) is 4.76. The molecular weight excluding hydrogens is 326 g/mol. The molecule has 0 fully saturated rings. The molecule has 1 heterocycles. The van der Waals surface area contributed by atoms with E-state index in [1.54, 1.807) is 13.2 Å². The lowest BCUT2D eigenvalue weighted by molar-refractivity contribution is 0.230. The molecule has 0 amide bonds. The van der Waals surface area contributed by atoms with Gasteiger partial charge in [-0.1, -0.05) is 23.7 Å². The lowest BCUT2D eigenvalue weighted by Gasteiger charge is -2.15. The van der Waals surface area contributed by atoms with Gasteiger partial charge < -0.3 is 13.9 Å². The minimum Gasteiger partial charge on any atom is -0.493 e. The monoisotopic (exact) mass is 343 g/mol. The maximum Gasteiger partial charge on any atom is 0.220 e. The molecule has 0 aliphatic carbocycles. The van der Waals surface area contributed by atoms with Gasteiger partial charge in [-0.05, 0) is 49.8 Å². The summed E-state index contributed by atoms with van der Waals surface area (Å²) in [4.78, 5) is 4.41. The zero-order chi connectivity index (χ0) is 17.1. The predicted octanol–water partition coefficient (Wildman–Crippen LogP) is 5.45. The maximum absolute atomic E-state index is 6.33. The molecule has 2 aromatic carbocycles. The van der Waals surface area contributed by atoms with E-state index >= 15 is 0 Å². The smallest absolute Gasteiger partial charge is 0.220 e. The van der Waals surface area contributed by atoms with Gasteiger partial charge in [-0.15, -0.1) is 0 Å². The molecule has 3 aromatic rings. The van der Waals surface area contributed by atoms with Crippen molar-refractivity contribution in [2.45, 2.75) is 20.0 Å². The zero-order valence-corrected chi connectivity index (χ0v) is 14.5. The fourth-order valence-corrected chi connectivity index (χ4v) is 2.58. The van der Waals surface area contributed by atoms with Gasteiger partial charge >= 0.3 is 0 Å². The molecule has 0 saturated carbocycles. The number of hydrogen-bond acceptors (Lipinski definition) is 4. The SMILES string of the molecule is COc1cc(/C=C/c2nc3ccccc3o2)cc(Cl)c1OC(C)C. The second-order valence-electron chi connectivity index (χ2n) is 5.55. The summed E-state index contributed by atoms with van der Waals surface area (Å²) in [7, 11) is 1.59. The molecule has 0 N–H and O–H groups in total. The van der Waals surface area contributed by atoms with Crippen LogP contribution in [0, 0.1) is 0 Å². The van der Waals surface area contributed by atoms with Crippen molar-refractivity contribution >= 4 is 34.9 Å². The van der Waals surface area contributed by atoms with Crippen molar-refractivity contribution in [2.75, 3.05) is 7.11 Å². The summed E-state index contributed by atoms with van der Waals surface area (Å²) in [5.41, 5.74) is 2.46. The molecule has 0 unspecified atom stereocenters. The van der Waals surface area contributed by atoms with Crippen molar-refractivity contribution in [3.8, 4) is 11.5 Å². The quantitative estimate of drug-likeness (QED) is 0.618. The average Bonchev–Trinajstić information content (AvgIpc) is 2.97. The number of para-hydroxylation sites is 2. The Balaban J connectivity index is 1.90. The van der Waals surface area contributed by atoms with Crippen LogP contribution in [-0.4, -0.2) is 18.2 Å². The van der Waals surface area contributed by atoms with Gasteiger partial charge in [-0.2, -0.15) is 0 Å². The number of ether oxygens (including phenoxy) is 2. The van der Waals surface area contributed by atoms with Crippen LogP contribution in [0.15, 0.2) is 40.8 Å². The first-order valence-electron chi connectivity index (χ1n) is 7.64. The van der Waals surface area contributed by atoms with Crippen molar-refractivity contribution in [3.05, 3.63) is 52.9 Å². The molecule has 0 atom stereocenters. The number of aromatic nitrogens is 1. The van der Waals surface area contributed by atoms with Gasteiger partial charge in [0.05, 0.1) is 18.2 Å². The number of methoxy groups -OCH3 is 1. The second kappa shape index (κ2) is 6.97. The fourth-order valence-electron chi connectivity index (χ4n) is 2.31. The van der Waals surface area contributed by atoms with E-state index in [1.807, 2.05) is 56.3 Å². The van der Waals surface area contributed by atoms with Crippen LogP contribution in [0.25, 0.3) is 23.3 Å². The fraction of sp³-hybridized carbons (Fsp3) is 0.211. The van der Waals surface area contributed by atoms with Gasteiger partial charge in [0.2, 0.25) is 5.89 Å². The van der Waals surface area contributed by atoms with Crippen molar-refractivity contribution in [3.63, 3.8) is 0 Å². The molecule has 0 spiro atoms. The van der Waals surface area contributed by atoms with Crippen LogP contribution in [0.4, 0.5) is 0 Å². The lowest BCUT2D eigenvalue weighted by atomic mass is 10.2. The van der Waals surface area contributed by atoms with E-state index in [2.05, 4.69) is 4.98 Å². The van der Waals surface area contributed by atoms with Gasteiger partial charge in [-0.25, -0.2) is 4.98 Å². The van der Waals surface area contributed by atoms with E-state index in [0.717, 1.165) is 16.7 Å². The van der Waals surface area contributed by atoms with Gasteiger partial charge in [0.25, 0.3) is 0 Å². The Morgan fingerprint density at radius 3 is 2.67 bits per heavy atom. The Morgan fingerprint density at radius 1 is 1.17 bits per heavy atom. The van der Waals surface area contributed by atoms with E-state index in [0.29, 0.717) is 22.4 Å². The van der Waals surface area contributed by atoms with E-state index < -0.39 is 0 Å². The van der Waals surface area contributed by atoms with E-state index in [-0.39, 0.29) is 6.10 Å². The van der Waals surface area contributed by atoms with Crippen LogP contribution in [0.1, 0.15) is 25.3 Å². The number of benzene rings is 2. The molecule has 0 aliphatic heterocycles. The minimum atomic E-state index is 0.0116. The van der Waals surface area contributed by atoms with Gasteiger partial charge in [0.1, 0.15) is 5.52 Å². The predicted molar refractivity (Wildman–Crippen MR) is 96.7 cm³/mol. The highest BCUT2D eigenvalue weighted by Crippen LogP contribution is 2.37. The standard InChI is InChI=1S/C19H18ClNO3/c1-12(2)23-19-14(20)10-13(11-17(19)22-3)8-9-18-21-15-6-4-5-7-16(15)24-18/h4-12H,1-3H3/b9-8+. The third kappa shape index (κ3) is 3.54. The summed E-state index contributed by atoms with van der Waals surface area (Å²) in [6.45, 7) is 3.88. The summed E-state index contributed by atoms with van der Waals surface area (Å²) in [5.74, 6) is 1.68. The summed E-state index contributed by atoms with van der Waals surface area (Å²) >= 11 is 6.33. The topological polar surface area (TPSA) is 44.5 Å². The highest BCUT2D eigenvalue weighted by atomic mass is 35.5. The largest absolute Gasteiger partial charge is 0.493 e. The Labute approximate surface area is 145 Å². The highest BCUT2D eigenvalue weighted by Gasteiger charge is 2.12. The molecule has 4 nitrogen and oxygen atoms in total. The molecule has 0 aliphatic rings. The van der Waals surface area contributed by atoms with Crippen LogP contribution in [0.2, 0.25) is 5.02 Å². The van der Waals surface area contributed by atoms with Gasteiger partial charge in [-0.3, -0.25) is 0 Å². The Hall–Kier alpha value is -2.46. The molecule has 3 rings (SSSR count). The lowest BCUT2D eigenvalue weighted by Crippen LogP contribution is -2.07.